The van der Waals surface area contributed by atoms with Crippen LogP contribution in [-0.4, -0.2) is 36.1 Å². The lowest BCUT2D eigenvalue weighted by molar-refractivity contribution is 0.573. The van der Waals surface area contributed by atoms with Gasteiger partial charge in [0.15, 0.2) is 0 Å². The van der Waals surface area contributed by atoms with Crippen LogP contribution >= 0.6 is 0 Å². The molecule has 0 unspecified atom stereocenters. The second-order valence-corrected chi connectivity index (χ2v) is 4.96. The standard InChI is InChI=1S/C13H20N4/c1-2-8-16(9-3-1)12-6-7-14-13(15-12)17-10-4-5-11-17/h6-7H,1-5,8-11H2. The quantitative estimate of drug-likeness (QED) is 0.781. The van der Waals surface area contributed by atoms with E-state index in [9.17, 15) is 0 Å². The average Bonchev–Trinajstić information content (AvgIpc) is 2.94. The molecule has 3 rings (SSSR count). The molecule has 4 heteroatoms. The number of aromatic nitrogens is 2. The zero-order valence-corrected chi connectivity index (χ0v) is 10.3. The third kappa shape index (κ3) is 2.35. The van der Waals surface area contributed by atoms with Gasteiger partial charge in [0.1, 0.15) is 5.82 Å². The monoisotopic (exact) mass is 232 g/mol. The average molecular weight is 232 g/mol. The van der Waals surface area contributed by atoms with E-state index in [1.807, 2.05) is 12.3 Å². The van der Waals surface area contributed by atoms with Crippen LogP contribution in [0.4, 0.5) is 11.8 Å². The molecule has 0 saturated carbocycles. The van der Waals surface area contributed by atoms with Gasteiger partial charge in [-0.1, -0.05) is 0 Å². The lowest BCUT2D eigenvalue weighted by Crippen LogP contribution is -2.31. The Balaban J connectivity index is 1.77. The molecule has 0 spiro atoms. The molecular formula is C13H20N4. The summed E-state index contributed by atoms with van der Waals surface area (Å²) < 4.78 is 0. The maximum Gasteiger partial charge on any atom is 0.227 e. The SMILES string of the molecule is c1cc(N2CCCCC2)nc(N2CCCC2)n1. The van der Waals surface area contributed by atoms with Crippen molar-refractivity contribution in [3.63, 3.8) is 0 Å². The van der Waals surface area contributed by atoms with Crippen molar-refractivity contribution in [2.45, 2.75) is 32.1 Å². The Morgan fingerprint density at radius 3 is 2.24 bits per heavy atom. The molecular weight excluding hydrogens is 212 g/mol. The third-order valence-electron chi connectivity index (χ3n) is 3.70. The van der Waals surface area contributed by atoms with Gasteiger partial charge in [0.05, 0.1) is 0 Å². The zero-order chi connectivity index (χ0) is 11.5. The molecule has 2 aliphatic heterocycles. The second kappa shape index (κ2) is 4.90. The summed E-state index contributed by atoms with van der Waals surface area (Å²) in [5, 5.41) is 0. The van der Waals surface area contributed by atoms with Crippen molar-refractivity contribution in [3.05, 3.63) is 12.3 Å². The topological polar surface area (TPSA) is 32.3 Å². The van der Waals surface area contributed by atoms with Gasteiger partial charge in [-0.2, -0.15) is 4.98 Å². The summed E-state index contributed by atoms with van der Waals surface area (Å²) in [4.78, 5) is 13.8. The molecule has 2 aliphatic rings. The van der Waals surface area contributed by atoms with Gasteiger partial charge < -0.3 is 9.80 Å². The highest BCUT2D eigenvalue weighted by molar-refractivity contribution is 5.44. The predicted molar refractivity (Wildman–Crippen MR) is 69.5 cm³/mol. The fourth-order valence-corrected chi connectivity index (χ4v) is 2.71. The van der Waals surface area contributed by atoms with Crippen molar-refractivity contribution >= 4 is 11.8 Å². The molecule has 0 atom stereocenters. The van der Waals surface area contributed by atoms with Gasteiger partial charge >= 0.3 is 0 Å². The van der Waals surface area contributed by atoms with E-state index in [1.165, 1.54) is 32.1 Å². The first-order valence-electron chi connectivity index (χ1n) is 6.76. The number of anilines is 2. The fraction of sp³-hybridized carbons (Fsp3) is 0.692. The van der Waals surface area contributed by atoms with Crippen LogP contribution in [0, 0.1) is 0 Å². The Kier molecular flexibility index (Phi) is 3.12. The second-order valence-electron chi connectivity index (χ2n) is 4.96. The Hall–Kier alpha value is -1.32. The molecule has 3 heterocycles. The highest BCUT2D eigenvalue weighted by Crippen LogP contribution is 2.21. The number of piperidine rings is 1. The Morgan fingerprint density at radius 2 is 1.47 bits per heavy atom. The van der Waals surface area contributed by atoms with Crippen molar-refractivity contribution in [3.8, 4) is 0 Å². The first-order chi connectivity index (χ1) is 8.43. The number of nitrogens with zero attached hydrogens (tertiary/aromatic N) is 4. The van der Waals surface area contributed by atoms with E-state index < -0.39 is 0 Å². The summed E-state index contributed by atoms with van der Waals surface area (Å²) >= 11 is 0. The highest BCUT2D eigenvalue weighted by atomic mass is 15.3. The fourth-order valence-electron chi connectivity index (χ4n) is 2.71. The Morgan fingerprint density at radius 1 is 0.824 bits per heavy atom. The molecule has 2 saturated heterocycles. The molecule has 0 bridgehead atoms. The van der Waals surface area contributed by atoms with E-state index in [2.05, 4.69) is 14.8 Å². The number of hydrogen-bond acceptors (Lipinski definition) is 4. The van der Waals surface area contributed by atoms with E-state index in [0.29, 0.717) is 0 Å². The summed E-state index contributed by atoms with van der Waals surface area (Å²) in [5.74, 6) is 2.03. The number of hydrogen-bond donors (Lipinski definition) is 0. The van der Waals surface area contributed by atoms with E-state index in [-0.39, 0.29) is 0 Å². The van der Waals surface area contributed by atoms with Gasteiger partial charge in [-0.25, -0.2) is 4.98 Å². The van der Waals surface area contributed by atoms with Crippen LogP contribution in [0.2, 0.25) is 0 Å². The molecule has 0 amide bonds. The summed E-state index contributed by atoms with van der Waals surface area (Å²) in [6, 6.07) is 2.05. The van der Waals surface area contributed by atoms with E-state index in [4.69, 9.17) is 4.98 Å². The molecule has 1 aromatic rings. The maximum atomic E-state index is 4.72. The van der Waals surface area contributed by atoms with Crippen LogP contribution in [0.1, 0.15) is 32.1 Å². The van der Waals surface area contributed by atoms with Crippen LogP contribution < -0.4 is 9.80 Å². The van der Waals surface area contributed by atoms with Crippen molar-refractivity contribution in [1.29, 1.82) is 0 Å². The van der Waals surface area contributed by atoms with Gasteiger partial charge in [0.25, 0.3) is 0 Å². The predicted octanol–water partition coefficient (Wildman–Crippen LogP) is 2.07. The normalized spacial score (nSPS) is 20.9. The van der Waals surface area contributed by atoms with Crippen LogP contribution in [0.5, 0.6) is 0 Å². The summed E-state index contributed by atoms with van der Waals surface area (Å²) in [7, 11) is 0. The molecule has 0 radical (unpaired) electrons. The Bertz CT molecular complexity index is 367. The van der Waals surface area contributed by atoms with Crippen molar-refractivity contribution in [2.75, 3.05) is 36.0 Å². The summed E-state index contributed by atoms with van der Waals surface area (Å²) in [6.45, 7) is 4.53. The van der Waals surface area contributed by atoms with Gasteiger partial charge in [-0.15, -0.1) is 0 Å². The van der Waals surface area contributed by atoms with E-state index >= 15 is 0 Å². The Labute approximate surface area is 103 Å². The summed E-state index contributed by atoms with van der Waals surface area (Å²) in [6.07, 6.45) is 8.41. The lowest BCUT2D eigenvalue weighted by atomic mass is 10.1. The van der Waals surface area contributed by atoms with Crippen LogP contribution in [0.15, 0.2) is 12.3 Å². The van der Waals surface area contributed by atoms with E-state index in [0.717, 1.165) is 37.9 Å². The minimum atomic E-state index is 0.922. The first kappa shape index (κ1) is 10.8. The molecule has 4 nitrogen and oxygen atoms in total. The van der Waals surface area contributed by atoms with Crippen LogP contribution in [0.25, 0.3) is 0 Å². The number of rotatable bonds is 2. The van der Waals surface area contributed by atoms with Gasteiger partial charge in [0.2, 0.25) is 5.95 Å². The largest absolute Gasteiger partial charge is 0.356 e. The first-order valence-corrected chi connectivity index (χ1v) is 6.76. The summed E-state index contributed by atoms with van der Waals surface area (Å²) in [5.41, 5.74) is 0. The van der Waals surface area contributed by atoms with Gasteiger partial charge in [-0.05, 0) is 38.2 Å². The maximum absolute atomic E-state index is 4.72. The van der Waals surface area contributed by atoms with Crippen molar-refractivity contribution < 1.29 is 0 Å². The molecule has 17 heavy (non-hydrogen) atoms. The minimum Gasteiger partial charge on any atom is -0.356 e. The lowest BCUT2D eigenvalue weighted by Gasteiger charge is -2.28. The van der Waals surface area contributed by atoms with Gasteiger partial charge in [-0.3, -0.25) is 0 Å². The molecule has 0 aliphatic carbocycles. The minimum absolute atomic E-state index is 0.922. The van der Waals surface area contributed by atoms with Crippen LogP contribution in [-0.2, 0) is 0 Å². The molecule has 92 valence electrons. The molecule has 0 aromatic carbocycles. The molecule has 1 aromatic heterocycles. The molecule has 2 fully saturated rings. The van der Waals surface area contributed by atoms with Gasteiger partial charge in [0, 0.05) is 32.4 Å². The third-order valence-corrected chi connectivity index (χ3v) is 3.70. The van der Waals surface area contributed by atoms with Crippen molar-refractivity contribution in [2.24, 2.45) is 0 Å². The smallest absolute Gasteiger partial charge is 0.227 e. The van der Waals surface area contributed by atoms with Crippen molar-refractivity contribution in [1.82, 2.24) is 9.97 Å². The van der Waals surface area contributed by atoms with Crippen LogP contribution in [0.3, 0.4) is 0 Å². The zero-order valence-electron chi connectivity index (χ0n) is 10.3. The molecule has 0 N–H and O–H groups in total. The highest BCUT2D eigenvalue weighted by Gasteiger charge is 2.17. The van der Waals surface area contributed by atoms with E-state index in [1.54, 1.807) is 0 Å².